The van der Waals surface area contributed by atoms with Crippen molar-refractivity contribution >= 4 is 0 Å². The van der Waals surface area contributed by atoms with E-state index in [-0.39, 0.29) is 0 Å². The first-order chi connectivity index (χ1) is 12.2. The molecule has 26 heavy (non-hydrogen) atoms. The Labute approximate surface area is 154 Å². The van der Waals surface area contributed by atoms with Gasteiger partial charge in [0.1, 0.15) is 0 Å². The minimum absolute atomic E-state index is 0.811. The summed E-state index contributed by atoms with van der Waals surface area (Å²) in [4.78, 5) is 0. The molecule has 3 rings (SSSR count). The van der Waals surface area contributed by atoms with Gasteiger partial charge in [0.2, 0.25) is 0 Å². The molecule has 0 unspecified atom stereocenters. The molecule has 6 heteroatoms. The second-order valence-corrected chi connectivity index (χ2v) is 6.89. The highest BCUT2D eigenvalue weighted by Crippen LogP contribution is 2.37. The van der Waals surface area contributed by atoms with E-state index in [4.69, 9.17) is 0 Å². The van der Waals surface area contributed by atoms with Crippen LogP contribution in [-0.2, 0) is 0 Å². The fourth-order valence-corrected chi connectivity index (χ4v) is 3.11. The fraction of sp³-hybridized carbons (Fsp3) is 0.400. The summed E-state index contributed by atoms with van der Waals surface area (Å²) in [5.74, 6) is 0. The standard InChI is InChI=1S/C20H24N6/c1-9-11(3)19(25-21-13(9)5)17-15(7)23-24-16(8)18(17)20-12(4)10(2)14(6)22-26-20/h1-8H3. The van der Waals surface area contributed by atoms with E-state index in [1.807, 2.05) is 27.7 Å². The molecule has 0 radical (unpaired) electrons. The maximum absolute atomic E-state index is 4.50. The summed E-state index contributed by atoms with van der Waals surface area (Å²) < 4.78 is 0. The lowest BCUT2D eigenvalue weighted by Crippen LogP contribution is -2.08. The Kier molecular flexibility index (Phi) is 4.52. The first-order valence-corrected chi connectivity index (χ1v) is 8.69. The zero-order valence-electron chi connectivity index (χ0n) is 16.7. The molecule has 0 bridgehead atoms. The van der Waals surface area contributed by atoms with E-state index < -0.39 is 0 Å². The topological polar surface area (TPSA) is 77.3 Å². The van der Waals surface area contributed by atoms with Gasteiger partial charge in [-0.3, -0.25) is 0 Å². The average Bonchev–Trinajstić information content (AvgIpc) is 2.61. The normalized spacial score (nSPS) is 11.1. The summed E-state index contributed by atoms with van der Waals surface area (Å²) >= 11 is 0. The first kappa shape index (κ1) is 18.0. The zero-order valence-corrected chi connectivity index (χ0v) is 16.7. The maximum atomic E-state index is 4.50. The smallest absolute Gasteiger partial charge is 0.0988 e. The van der Waals surface area contributed by atoms with Gasteiger partial charge in [-0.15, -0.1) is 10.2 Å². The van der Waals surface area contributed by atoms with Gasteiger partial charge in [0, 0.05) is 11.1 Å². The number of aromatic nitrogens is 6. The molecule has 3 aromatic rings. The Bertz CT molecular complexity index is 941. The minimum atomic E-state index is 0.811. The van der Waals surface area contributed by atoms with Crippen LogP contribution in [0.25, 0.3) is 22.5 Å². The summed E-state index contributed by atoms with van der Waals surface area (Å²) in [5.41, 5.74) is 11.5. The molecule has 0 saturated carbocycles. The minimum Gasteiger partial charge on any atom is -0.155 e. The summed E-state index contributed by atoms with van der Waals surface area (Å²) in [6.07, 6.45) is 0. The Hall–Kier alpha value is -2.76. The van der Waals surface area contributed by atoms with Crippen LogP contribution in [0.3, 0.4) is 0 Å². The molecule has 0 aliphatic rings. The molecule has 0 saturated heterocycles. The fourth-order valence-electron chi connectivity index (χ4n) is 3.11. The van der Waals surface area contributed by atoms with E-state index in [1.165, 1.54) is 0 Å². The summed E-state index contributed by atoms with van der Waals surface area (Å²) in [5, 5.41) is 26.4. The maximum Gasteiger partial charge on any atom is 0.0988 e. The van der Waals surface area contributed by atoms with Crippen molar-refractivity contribution in [1.82, 2.24) is 30.6 Å². The second-order valence-electron chi connectivity index (χ2n) is 6.89. The van der Waals surface area contributed by atoms with Gasteiger partial charge in [-0.05, 0) is 77.6 Å². The van der Waals surface area contributed by atoms with Gasteiger partial charge in [0.25, 0.3) is 0 Å². The molecule has 0 N–H and O–H groups in total. The Balaban J connectivity index is 2.42. The third-order valence-electron chi connectivity index (χ3n) is 5.32. The molecule has 0 aliphatic heterocycles. The first-order valence-electron chi connectivity index (χ1n) is 8.69. The van der Waals surface area contributed by atoms with Crippen LogP contribution in [0.5, 0.6) is 0 Å². The molecular formula is C20H24N6. The van der Waals surface area contributed by atoms with Crippen LogP contribution in [0, 0.1) is 55.4 Å². The highest BCUT2D eigenvalue weighted by Gasteiger charge is 2.23. The van der Waals surface area contributed by atoms with Crippen molar-refractivity contribution in [3.8, 4) is 22.5 Å². The van der Waals surface area contributed by atoms with Gasteiger partial charge in [0.05, 0.1) is 34.2 Å². The molecule has 0 spiro atoms. The van der Waals surface area contributed by atoms with Crippen molar-refractivity contribution in [2.75, 3.05) is 0 Å². The predicted molar refractivity (Wildman–Crippen MR) is 102 cm³/mol. The molecule has 0 aliphatic carbocycles. The number of nitrogens with zero attached hydrogens (tertiary/aromatic N) is 6. The van der Waals surface area contributed by atoms with Crippen LogP contribution >= 0.6 is 0 Å². The Morgan fingerprint density at radius 3 is 1.00 bits per heavy atom. The molecule has 0 atom stereocenters. The third-order valence-corrected chi connectivity index (χ3v) is 5.32. The van der Waals surface area contributed by atoms with E-state index in [0.717, 1.165) is 67.5 Å². The van der Waals surface area contributed by atoms with E-state index in [9.17, 15) is 0 Å². The van der Waals surface area contributed by atoms with Crippen molar-refractivity contribution in [2.24, 2.45) is 0 Å². The molecule has 3 heterocycles. The zero-order chi connectivity index (χ0) is 19.2. The van der Waals surface area contributed by atoms with Gasteiger partial charge < -0.3 is 0 Å². The number of aryl methyl sites for hydroxylation is 4. The van der Waals surface area contributed by atoms with E-state index >= 15 is 0 Å². The van der Waals surface area contributed by atoms with Gasteiger partial charge in [-0.25, -0.2) is 0 Å². The molecule has 0 fully saturated rings. The van der Waals surface area contributed by atoms with Crippen LogP contribution in [0.4, 0.5) is 0 Å². The van der Waals surface area contributed by atoms with E-state index in [0.29, 0.717) is 0 Å². The monoisotopic (exact) mass is 348 g/mol. The molecule has 0 amide bonds. The molecule has 0 aromatic carbocycles. The van der Waals surface area contributed by atoms with Crippen molar-refractivity contribution < 1.29 is 0 Å². The lowest BCUT2D eigenvalue weighted by atomic mass is 9.92. The van der Waals surface area contributed by atoms with Gasteiger partial charge in [-0.2, -0.15) is 20.4 Å². The van der Waals surface area contributed by atoms with Gasteiger partial charge >= 0.3 is 0 Å². The highest BCUT2D eigenvalue weighted by molar-refractivity contribution is 5.85. The van der Waals surface area contributed by atoms with Crippen LogP contribution in [0.2, 0.25) is 0 Å². The lowest BCUT2D eigenvalue weighted by molar-refractivity contribution is 0.908. The second kappa shape index (κ2) is 6.52. The SMILES string of the molecule is Cc1nnc(-c2c(C)nnc(C)c2-c2nnc(C)c(C)c2C)c(C)c1C. The van der Waals surface area contributed by atoms with Crippen LogP contribution in [-0.4, -0.2) is 30.6 Å². The predicted octanol–water partition coefficient (Wildman–Crippen LogP) is 3.86. The highest BCUT2D eigenvalue weighted by atomic mass is 15.1. The summed E-state index contributed by atoms with van der Waals surface area (Å²) in [7, 11) is 0. The van der Waals surface area contributed by atoms with Crippen LogP contribution in [0.1, 0.15) is 45.0 Å². The average molecular weight is 348 g/mol. The summed E-state index contributed by atoms with van der Waals surface area (Å²) in [6, 6.07) is 0. The Morgan fingerprint density at radius 1 is 0.346 bits per heavy atom. The van der Waals surface area contributed by atoms with E-state index in [1.54, 1.807) is 0 Å². The quantitative estimate of drug-likeness (QED) is 0.700. The van der Waals surface area contributed by atoms with Crippen molar-refractivity contribution in [3.63, 3.8) is 0 Å². The van der Waals surface area contributed by atoms with Crippen molar-refractivity contribution in [3.05, 3.63) is 45.0 Å². The van der Waals surface area contributed by atoms with Crippen molar-refractivity contribution in [2.45, 2.75) is 55.4 Å². The summed E-state index contributed by atoms with van der Waals surface area (Å²) in [6.45, 7) is 16.1. The van der Waals surface area contributed by atoms with Crippen molar-refractivity contribution in [1.29, 1.82) is 0 Å². The third kappa shape index (κ3) is 2.75. The molecule has 134 valence electrons. The largest absolute Gasteiger partial charge is 0.155 e. The number of rotatable bonds is 2. The van der Waals surface area contributed by atoms with Crippen LogP contribution < -0.4 is 0 Å². The van der Waals surface area contributed by atoms with Gasteiger partial charge in [0.15, 0.2) is 0 Å². The van der Waals surface area contributed by atoms with E-state index in [2.05, 4.69) is 58.3 Å². The molecule has 3 aromatic heterocycles. The van der Waals surface area contributed by atoms with Crippen LogP contribution in [0.15, 0.2) is 0 Å². The lowest BCUT2D eigenvalue weighted by Gasteiger charge is -2.17. The molecule has 6 nitrogen and oxygen atoms in total. The Morgan fingerprint density at radius 2 is 0.654 bits per heavy atom. The number of hydrogen-bond donors (Lipinski definition) is 0. The number of hydrogen-bond acceptors (Lipinski definition) is 6. The molecular weight excluding hydrogens is 324 g/mol. The van der Waals surface area contributed by atoms with Gasteiger partial charge in [-0.1, -0.05) is 0 Å².